The highest BCUT2D eigenvalue weighted by atomic mass is 16.2. The van der Waals surface area contributed by atoms with Gasteiger partial charge in [0, 0.05) is 36.8 Å². The molecule has 1 atom stereocenters. The fourth-order valence-corrected chi connectivity index (χ4v) is 2.73. The zero-order valence-corrected chi connectivity index (χ0v) is 13.0. The largest absolute Gasteiger partial charge is 0.343 e. The number of amides is 1. The molecule has 1 aliphatic rings. The van der Waals surface area contributed by atoms with Gasteiger partial charge in [0.05, 0.1) is 0 Å². The molecule has 0 spiro atoms. The van der Waals surface area contributed by atoms with Gasteiger partial charge >= 0.3 is 0 Å². The average molecular weight is 275 g/mol. The van der Waals surface area contributed by atoms with Crippen LogP contribution in [0.3, 0.4) is 0 Å². The SMILES string of the molecule is CC(=O)N1CCC[C@H](Cc2cc(C(C)(C)C)ncn2)C1. The number of carbonyl (C=O) groups is 1. The number of rotatable bonds is 2. The minimum absolute atomic E-state index is 0.0513. The first kappa shape index (κ1) is 14.9. The van der Waals surface area contributed by atoms with Gasteiger partial charge in [-0.05, 0) is 31.2 Å². The molecule has 0 unspecified atom stereocenters. The monoisotopic (exact) mass is 275 g/mol. The van der Waals surface area contributed by atoms with Crippen LogP contribution in [0.25, 0.3) is 0 Å². The molecule has 1 aromatic heterocycles. The van der Waals surface area contributed by atoms with Crippen molar-refractivity contribution in [3.05, 3.63) is 23.8 Å². The minimum atomic E-state index is 0.0513. The first-order valence-electron chi connectivity index (χ1n) is 7.43. The van der Waals surface area contributed by atoms with E-state index in [2.05, 4.69) is 36.8 Å². The Morgan fingerprint density at radius 3 is 2.80 bits per heavy atom. The Hall–Kier alpha value is -1.45. The predicted molar refractivity (Wildman–Crippen MR) is 79.4 cm³/mol. The van der Waals surface area contributed by atoms with E-state index in [0.29, 0.717) is 5.92 Å². The molecule has 1 fully saturated rings. The lowest BCUT2D eigenvalue weighted by Crippen LogP contribution is -2.39. The topological polar surface area (TPSA) is 46.1 Å². The summed E-state index contributed by atoms with van der Waals surface area (Å²) in [4.78, 5) is 22.2. The van der Waals surface area contributed by atoms with Crippen molar-refractivity contribution in [2.45, 2.75) is 52.4 Å². The van der Waals surface area contributed by atoms with Gasteiger partial charge in [0.1, 0.15) is 6.33 Å². The number of hydrogen-bond donors (Lipinski definition) is 0. The molecule has 4 nitrogen and oxygen atoms in total. The molecular weight excluding hydrogens is 250 g/mol. The fraction of sp³-hybridized carbons (Fsp3) is 0.688. The number of hydrogen-bond acceptors (Lipinski definition) is 3. The number of piperidine rings is 1. The number of carbonyl (C=O) groups excluding carboxylic acids is 1. The van der Waals surface area contributed by atoms with Gasteiger partial charge in [0.15, 0.2) is 0 Å². The first-order chi connectivity index (χ1) is 9.36. The van der Waals surface area contributed by atoms with E-state index in [0.717, 1.165) is 37.3 Å². The first-order valence-corrected chi connectivity index (χ1v) is 7.43. The third-order valence-corrected chi connectivity index (χ3v) is 3.95. The predicted octanol–water partition coefficient (Wildman–Crippen LogP) is 2.58. The van der Waals surface area contributed by atoms with Crippen LogP contribution in [-0.2, 0) is 16.6 Å². The van der Waals surface area contributed by atoms with E-state index in [1.165, 1.54) is 6.42 Å². The molecule has 0 aromatic carbocycles. The van der Waals surface area contributed by atoms with E-state index in [1.807, 2.05) is 4.90 Å². The van der Waals surface area contributed by atoms with Crippen LogP contribution in [0.4, 0.5) is 0 Å². The zero-order chi connectivity index (χ0) is 14.8. The normalized spacial score (nSPS) is 20.0. The van der Waals surface area contributed by atoms with Crippen LogP contribution < -0.4 is 0 Å². The molecule has 110 valence electrons. The van der Waals surface area contributed by atoms with Crippen LogP contribution in [0.15, 0.2) is 12.4 Å². The molecule has 1 saturated heterocycles. The van der Waals surface area contributed by atoms with Gasteiger partial charge in [-0.25, -0.2) is 9.97 Å². The second-order valence-corrected chi connectivity index (χ2v) is 6.82. The summed E-state index contributed by atoms with van der Waals surface area (Å²) in [5.74, 6) is 0.711. The maximum absolute atomic E-state index is 11.5. The zero-order valence-electron chi connectivity index (χ0n) is 13.0. The van der Waals surface area contributed by atoms with Crippen LogP contribution in [-0.4, -0.2) is 33.9 Å². The summed E-state index contributed by atoms with van der Waals surface area (Å²) >= 11 is 0. The van der Waals surface area contributed by atoms with E-state index in [4.69, 9.17) is 0 Å². The van der Waals surface area contributed by atoms with Crippen LogP contribution in [0, 0.1) is 5.92 Å². The number of aromatic nitrogens is 2. The molecule has 2 heterocycles. The molecule has 0 N–H and O–H groups in total. The Balaban J connectivity index is 2.04. The van der Waals surface area contributed by atoms with Gasteiger partial charge in [0.2, 0.25) is 5.91 Å². The Labute approximate surface area is 121 Å². The maximum Gasteiger partial charge on any atom is 0.219 e. The average Bonchev–Trinajstić information content (AvgIpc) is 2.38. The lowest BCUT2D eigenvalue weighted by Gasteiger charge is -2.32. The van der Waals surface area contributed by atoms with Gasteiger partial charge < -0.3 is 4.90 Å². The Morgan fingerprint density at radius 1 is 1.40 bits per heavy atom. The highest BCUT2D eigenvalue weighted by Gasteiger charge is 2.23. The van der Waals surface area contributed by atoms with E-state index < -0.39 is 0 Å². The number of nitrogens with zero attached hydrogens (tertiary/aromatic N) is 3. The molecule has 4 heteroatoms. The molecule has 2 rings (SSSR count). The van der Waals surface area contributed by atoms with Gasteiger partial charge in [-0.1, -0.05) is 20.8 Å². The highest BCUT2D eigenvalue weighted by Crippen LogP contribution is 2.23. The standard InChI is InChI=1S/C16H25N3O/c1-12(20)19-7-5-6-13(10-19)8-14-9-15(16(2,3)4)18-11-17-14/h9,11,13H,5-8,10H2,1-4H3/t13-/m1/s1. The smallest absolute Gasteiger partial charge is 0.219 e. The summed E-state index contributed by atoms with van der Waals surface area (Å²) in [6, 6.07) is 2.12. The van der Waals surface area contributed by atoms with Crippen molar-refractivity contribution >= 4 is 5.91 Å². The summed E-state index contributed by atoms with van der Waals surface area (Å²) < 4.78 is 0. The lowest BCUT2D eigenvalue weighted by atomic mass is 9.89. The molecule has 1 aromatic rings. The second-order valence-electron chi connectivity index (χ2n) is 6.82. The van der Waals surface area contributed by atoms with Gasteiger partial charge in [-0.15, -0.1) is 0 Å². The van der Waals surface area contributed by atoms with Crippen LogP contribution in [0.1, 0.15) is 51.9 Å². The quantitative estimate of drug-likeness (QED) is 0.833. The van der Waals surface area contributed by atoms with E-state index in [1.54, 1.807) is 13.3 Å². The summed E-state index contributed by atoms with van der Waals surface area (Å²) in [6.45, 7) is 9.92. The summed E-state index contributed by atoms with van der Waals surface area (Å²) in [6.07, 6.45) is 4.89. The van der Waals surface area contributed by atoms with Gasteiger partial charge in [-0.3, -0.25) is 4.79 Å². The van der Waals surface area contributed by atoms with E-state index >= 15 is 0 Å². The molecule has 20 heavy (non-hydrogen) atoms. The molecule has 0 saturated carbocycles. The Morgan fingerprint density at radius 2 is 2.15 bits per heavy atom. The van der Waals surface area contributed by atoms with Crippen molar-refractivity contribution in [1.82, 2.24) is 14.9 Å². The van der Waals surface area contributed by atoms with Crippen molar-refractivity contribution in [2.75, 3.05) is 13.1 Å². The third-order valence-electron chi connectivity index (χ3n) is 3.95. The Kier molecular flexibility index (Phi) is 4.41. The minimum Gasteiger partial charge on any atom is -0.343 e. The van der Waals surface area contributed by atoms with Crippen molar-refractivity contribution < 1.29 is 4.79 Å². The maximum atomic E-state index is 11.5. The molecule has 1 aliphatic heterocycles. The van der Waals surface area contributed by atoms with E-state index in [9.17, 15) is 4.79 Å². The van der Waals surface area contributed by atoms with Gasteiger partial charge in [-0.2, -0.15) is 0 Å². The van der Waals surface area contributed by atoms with Crippen molar-refractivity contribution in [1.29, 1.82) is 0 Å². The fourth-order valence-electron chi connectivity index (χ4n) is 2.73. The summed E-state index contributed by atoms with van der Waals surface area (Å²) in [7, 11) is 0. The van der Waals surface area contributed by atoms with Crippen LogP contribution in [0.2, 0.25) is 0 Å². The van der Waals surface area contributed by atoms with Crippen molar-refractivity contribution in [2.24, 2.45) is 5.92 Å². The molecule has 0 bridgehead atoms. The third kappa shape index (κ3) is 3.78. The lowest BCUT2D eigenvalue weighted by molar-refractivity contribution is -0.130. The molecule has 0 radical (unpaired) electrons. The Bertz CT molecular complexity index is 479. The van der Waals surface area contributed by atoms with Crippen molar-refractivity contribution in [3.8, 4) is 0 Å². The van der Waals surface area contributed by atoms with Crippen LogP contribution in [0.5, 0.6) is 0 Å². The highest BCUT2D eigenvalue weighted by molar-refractivity contribution is 5.73. The second kappa shape index (κ2) is 5.90. The van der Waals surface area contributed by atoms with Crippen LogP contribution >= 0.6 is 0 Å². The molecule has 1 amide bonds. The molecule has 0 aliphatic carbocycles. The number of likely N-dealkylation sites (tertiary alicyclic amines) is 1. The summed E-state index contributed by atoms with van der Waals surface area (Å²) in [5.41, 5.74) is 2.23. The summed E-state index contributed by atoms with van der Waals surface area (Å²) in [5, 5.41) is 0. The van der Waals surface area contributed by atoms with Gasteiger partial charge in [0.25, 0.3) is 0 Å². The molecular formula is C16H25N3O. The van der Waals surface area contributed by atoms with Crippen molar-refractivity contribution in [3.63, 3.8) is 0 Å². The van der Waals surface area contributed by atoms with E-state index in [-0.39, 0.29) is 11.3 Å².